The maximum atomic E-state index is 12.9. The Balaban J connectivity index is 1.15. The van der Waals surface area contributed by atoms with Crippen molar-refractivity contribution in [2.75, 3.05) is 7.05 Å². The Morgan fingerprint density at radius 2 is 1.44 bits per heavy atom. The molecule has 2 aromatic rings. The number of carbonyl (C=O) groups is 1. The highest BCUT2D eigenvalue weighted by molar-refractivity contribution is 6.51. The van der Waals surface area contributed by atoms with E-state index >= 15 is 0 Å². The van der Waals surface area contributed by atoms with Crippen LogP contribution in [0.5, 0.6) is 0 Å². The minimum Gasteiger partial charge on any atom is -0.405 e. The number of hydrogen-bond donors (Lipinski definition) is 1. The second-order valence-corrected chi connectivity index (χ2v) is 15.8. The van der Waals surface area contributed by atoms with Crippen LogP contribution in [0.2, 0.25) is 0 Å². The monoisotopic (exact) mass is 579 g/mol. The topological polar surface area (TPSA) is 66.0 Å². The molecule has 7 aliphatic carbocycles. The van der Waals surface area contributed by atoms with Crippen LogP contribution in [0.15, 0.2) is 42.5 Å². The van der Waals surface area contributed by atoms with Crippen molar-refractivity contribution in [1.29, 1.82) is 0 Å². The third-order valence-electron chi connectivity index (χ3n) is 13.9. The van der Waals surface area contributed by atoms with Crippen molar-refractivity contribution in [3.05, 3.63) is 70.3 Å². The molecule has 9 aliphatic rings. The summed E-state index contributed by atoms with van der Waals surface area (Å²) in [4.78, 5) is 12.9. The lowest BCUT2D eigenvalue weighted by atomic mass is 9.43. The standard InChI is InChI=1S/C35H43B2NO5/c1-18-20-14-26(18)34(4)28(15-20)40-37(42-34)31-23-10-8-7-9-22(23)30(24-12-11-19(13-25(24)31)32(39)38-6)36-41-29-17-21-16-27(33(21,2)3)35(29,5)43-36/h7-13,18,20-21,26-31H,14-17H2,1-6H3,(H,38,39)/t18?,20-,21-,26-,27-,28?,29?,30?,31?,34-,35-/m0/s1. The van der Waals surface area contributed by atoms with Gasteiger partial charge in [0.1, 0.15) is 0 Å². The summed E-state index contributed by atoms with van der Waals surface area (Å²) >= 11 is 0. The van der Waals surface area contributed by atoms with Crippen molar-refractivity contribution < 1.29 is 23.4 Å². The van der Waals surface area contributed by atoms with E-state index in [-0.39, 0.29) is 46.4 Å². The van der Waals surface area contributed by atoms with E-state index in [9.17, 15) is 4.79 Å². The van der Waals surface area contributed by atoms with Crippen molar-refractivity contribution >= 4 is 20.1 Å². The van der Waals surface area contributed by atoms with E-state index in [0.29, 0.717) is 29.2 Å². The van der Waals surface area contributed by atoms with Crippen LogP contribution < -0.4 is 5.32 Å². The Labute approximate surface area is 256 Å². The number of rotatable bonds is 3. The molecule has 11 atom stereocenters. The first-order valence-electron chi connectivity index (χ1n) is 16.7. The van der Waals surface area contributed by atoms with Crippen LogP contribution in [0.3, 0.4) is 0 Å². The average Bonchev–Trinajstić information content (AvgIpc) is 3.54. The second kappa shape index (κ2) is 8.78. The molecule has 2 aromatic carbocycles. The lowest BCUT2D eigenvalue weighted by Gasteiger charge is -2.64. The molecule has 11 rings (SSSR count). The number of carbonyl (C=O) groups excluding carboxylic acids is 1. The molecule has 5 unspecified atom stereocenters. The van der Waals surface area contributed by atoms with Gasteiger partial charge < -0.3 is 23.9 Å². The lowest BCUT2D eigenvalue weighted by Crippen LogP contribution is -2.65. The molecule has 2 aliphatic heterocycles. The van der Waals surface area contributed by atoms with Crippen molar-refractivity contribution in [1.82, 2.24) is 5.32 Å². The highest BCUT2D eigenvalue weighted by atomic mass is 16.7. The summed E-state index contributed by atoms with van der Waals surface area (Å²) in [5, 5.41) is 2.83. The number of nitrogens with one attached hydrogen (secondary N) is 1. The number of amides is 1. The summed E-state index contributed by atoms with van der Waals surface area (Å²) in [6, 6.07) is 14.9. The lowest BCUT2D eigenvalue weighted by molar-refractivity contribution is -0.199. The maximum absolute atomic E-state index is 12.9. The molecule has 8 fully saturated rings. The van der Waals surface area contributed by atoms with Gasteiger partial charge in [-0.2, -0.15) is 0 Å². The SMILES string of the molecule is CNC(=O)c1ccc2c(c1)C(B1OC3C[C@@H]4C[C@@H](C4C)[C@]3(C)O1)c1ccccc1C2B1OC2C[C@@H]3C[C@@H](C3(C)C)[C@]2(C)O1. The number of hydrogen-bond acceptors (Lipinski definition) is 5. The summed E-state index contributed by atoms with van der Waals surface area (Å²) in [6.07, 6.45) is 4.79. The zero-order chi connectivity index (χ0) is 29.6. The van der Waals surface area contributed by atoms with Gasteiger partial charge in [-0.05, 0) is 109 Å². The van der Waals surface area contributed by atoms with Crippen LogP contribution in [0.25, 0.3) is 0 Å². The fourth-order valence-electron chi connectivity index (χ4n) is 11.1. The third-order valence-corrected chi connectivity index (χ3v) is 13.9. The molecule has 4 bridgehead atoms. The third kappa shape index (κ3) is 3.39. The highest BCUT2D eigenvalue weighted by Crippen LogP contribution is 2.67. The van der Waals surface area contributed by atoms with Gasteiger partial charge >= 0.3 is 14.2 Å². The first kappa shape index (κ1) is 27.2. The first-order valence-corrected chi connectivity index (χ1v) is 16.7. The van der Waals surface area contributed by atoms with Gasteiger partial charge in [-0.1, -0.05) is 51.1 Å². The van der Waals surface area contributed by atoms with Gasteiger partial charge in [-0.15, -0.1) is 0 Å². The molecule has 1 amide bonds. The molecule has 0 radical (unpaired) electrons. The molecule has 2 saturated heterocycles. The Kier molecular flexibility index (Phi) is 5.55. The van der Waals surface area contributed by atoms with Gasteiger partial charge in [0.15, 0.2) is 0 Å². The minimum atomic E-state index is -0.416. The molecule has 8 heteroatoms. The Bertz CT molecular complexity index is 1530. The smallest absolute Gasteiger partial charge is 0.405 e. The minimum absolute atomic E-state index is 0.0885. The van der Waals surface area contributed by atoms with Crippen LogP contribution in [0.1, 0.15) is 105 Å². The molecule has 6 saturated carbocycles. The van der Waals surface area contributed by atoms with Gasteiger partial charge in [0.05, 0.1) is 23.4 Å². The van der Waals surface area contributed by atoms with E-state index < -0.39 is 14.2 Å². The van der Waals surface area contributed by atoms with Crippen LogP contribution >= 0.6 is 0 Å². The van der Waals surface area contributed by atoms with Crippen molar-refractivity contribution in [2.45, 2.75) is 95.3 Å². The van der Waals surface area contributed by atoms with E-state index in [2.05, 4.69) is 76.3 Å². The molecular formula is C35H43B2NO5. The van der Waals surface area contributed by atoms with Gasteiger partial charge in [0.25, 0.3) is 5.91 Å². The molecule has 0 aromatic heterocycles. The van der Waals surface area contributed by atoms with E-state index in [0.717, 1.165) is 29.9 Å². The van der Waals surface area contributed by atoms with Gasteiger partial charge in [0.2, 0.25) is 0 Å². The van der Waals surface area contributed by atoms with E-state index in [1.165, 1.54) is 24.0 Å². The molecular weight excluding hydrogens is 536 g/mol. The zero-order valence-electron chi connectivity index (χ0n) is 26.3. The second-order valence-electron chi connectivity index (χ2n) is 15.8. The van der Waals surface area contributed by atoms with Crippen molar-refractivity contribution in [3.8, 4) is 0 Å². The number of fused-ring (bicyclic) bond motifs is 2. The van der Waals surface area contributed by atoms with Gasteiger partial charge in [-0.3, -0.25) is 4.79 Å². The fourth-order valence-corrected chi connectivity index (χ4v) is 11.1. The quantitative estimate of drug-likeness (QED) is 0.468. The zero-order valence-corrected chi connectivity index (χ0v) is 26.3. The molecule has 43 heavy (non-hydrogen) atoms. The maximum Gasteiger partial charge on any atom is 0.470 e. The molecule has 6 nitrogen and oxygen atoms in total. The van der Waals surface area contributed by atoms with E-state index in [1.54, 1.807) is 7.05 Å². The van der Waals surface area contributed by atoms with Crippen LogP contribution in [-0.2, 0) is 18.6 Å². The Hall–Kier alpha value is -2.12. The predicted molar refractivity (Wildman–Crippen MR) is 166 cm³/mol. The summed E-state index contributed by atoms with van der Waals surface area (Å²) in [6.45, 7) is 11.8. The normalized spacial score (nSPS) is 44.4. The average molecular weight is 579 g/mol. The molecule has 0 spiro atoms. The Morgan fingerprint density at radius 3 is 2.09 bits per heavy atom. The van der Waals surface area contributed by atoms with Gasteiger partial charge in [-0.25, -0.2) is 0 Å². The highest BCUT2D eigenvalue weighted by Gasteiger charge is 2.70. The molecule has 1 N–H and O–H groups in total. The van der Waals surface area contributed by atoms with Gasteiger partial charge in [0, 0.05) is 24.2 Å². The fraction of sp³-hybridized carbons (Fsp3) is 0.629. The number of benzene rings is 2. The predicted octanol–water partition coefficient (Wildman–Crippen LogP) is 5.77. The molecule has 224 valence electrons. The van der Waals surface area contributed by atoms with Crippen LogP contribution in [0, 0.1) is 35.0 Å². The van der Waals surface area contributed by atoms with Crippen molar-refractivity contribution in [3.63, 3.8) is 0 Å². The summed E-state index contributed by atoms with van der Waals surface area (Å²) in [5.74, 6) is 2.80. The summed E-state index contributed by atoms with van der Waals surface area (Å²) in [7, 11) is 0.880. The summed E-state index contributed by atoms with van der Waals surface area (Å²) in [5.41, 5.74) is 5.01. The summed E-state index contributed by atoms with van der Waals surface area (Å²) < 4.78 is 28.0. The van der Waals surface area contributed by atoms with E-state index in [4.69, 9.17) is 18.6 Å². The van der Waals surface area contributed by atoms with Crippen LogP contribution in [-0.4, -0.2) is 50.6 Å². The first-order chi connectivity index (χ1) is 20.5. The largest absolute Gasteiger partial charge is 0.470 e. The molecule has 2 heterocycles. The Morgan fingerprint density at radius 1 is 0.814 bits per heavy atom. The van der Waals surface area contributed by atoms with Crippen LogP contribution in [0.4, 0.5) is 0 Å². The van der Waals surface area contributed by atoms with E-state index in [1.807, 2.05) is 6.07 Å². The van der Waals surface area contributed by atoms with Crippen molar-refractivity contribution in [2.24, 2.45) is 35.0 Å².